The summed E-state index contributed by atoms with van der Waals surface area (Å²) < 4.78 is 5.92. The summed E-state index contributed by atoms with van der Waals surface area (Å²) in [4.78, 5) is 4.70. The summed E-state index contributed by atoms with van der Waals surface area (Å²) in [6, 6.07) is 16.5. The lowest BCUT2D eigenvalue weighted by atomic mass is 9.96. The second-order valence-corrected chi connectivity index (χ2v) is 7.74. The van der Waals surface area contributed by atoms with Crippen LogP contribution in [0, 0.1) is 0 Å². The van der Waals surface area contributed by atoms with Crippen LogP contribution in [-0.4, -0.2) is 22.8 Å². The van der Waals surface area contributed by atoms with E-state index in [4.69, 9.17) is 14.8 Å². The number of hydrogen-bond acceptors (Lipinski definition) is 5. The highest BCUT2D eigenvalue weighted by molar-refractivity contribution is 7.14. The molecular weight excluding hydrogens is 356 g/mol. The fourth-order valence-corrected chi connectivity index (χ4v) is 3.75. The maximum atomic E-state index is 8.91. The van der Waals surface area contributed by atoms with Gasteiger partial charge in [-0.25, -0.2) is 4.98 Å². The zero-order valence-electron chi connectivity index (χ0n) is 15.2. The Kier molecular flexibility index (Phi) is 5.70. The van der Waals surface area contributed by atoms with Gasteiger partial charge in [0.25, 0.3) is 0 Å². The highest BCUT2D eigenvalue weighted by atomic mass is 32.1. The van der Waals surface area contributed by atoms with Crippen LogP contribution in [0.3, 0.4) is 0 Å². The molecule has 1 heterocycles. The number of hydrogen-bond donors (Lipinski definition) is 2. The van der Waals surface area contributed by atoms with Gasteiger partial charge in [0.1, 0.15) is 5.75 Å². The second-order valence-electron chi connectivity index (χ2n) is 6.88. The third-order valence-electron chi connectivity index (χ3n) is 4.84. The van der Waals surface area contributed by atoms with Crippen LogP contribution in [-0.2, 0) is 6.42 Å². The van der Waals surface area contributed by atoms with Crippen molar-refractivity contribution in [3.63, 3.8) is 0 Å². The first kappa shape index (κ1) is 18.0. The van der Waals surface area contributed by atoms with Gasteiger partial charge in [-0.05, 0) is 74.1 Å². The van der Waals surface area contributed by atoms with Crippen LogP contribution >= 0.6 is 11.3 Å². The van der Waals surface area contributed by atoms with Gasteiger partial charge >= 0.3 is 0 Å². The van der Waals surface area contributed by atoms with Crippen molar-refractivity contribution in [3.05, 3.63) is 59.5 Å². The fraction of sp³-hybridized carbons (Fsp3) is 0.318. The molecule has 27 heavy (non-hydrogen) atoms. The molecule has 0 radical (unpaired) electrons. The van der Waals surface area contributed by atoms with E-state index < -0.39 is 0 Å². The van der Waals surface area contributed by atoms with Gasteiger partial charge in [0.15, 0.2) is 5.13 Å². The number of rotatable bonds is 8. The number of nitrogens with zero attached hydrogens (tertiary/aromatic N) is 1. The lowest BCUT2D eigenvalue weighted by molar-refractivity contribution is 0.120. The Morgan fingerprint density at radius 2 is 1.85 bits per heavy atom. The zero-order valence-corrected chi connectivity index (χ0v) is 16.0. The van der Waals surface area contributed by atoms with Crippen LogP contribution in [0.5, 0.6) is 5.75 Å². The molecule has 0 amide bonds. The Balaban J connectivity index is 1.37. The predicted octanol–water partition coefficient (Wildman–Crippen LogP) is 5.41. The molecule has 1 aliphatic carbocycles. The van der Waals surface area contributed by atoms with E-state index in [1.807, 2.05) is 12.1 Å². The molecule has 0 atom stereocenters. The van der Waals surface area contributed by atoms with Crippen molar-refractivity contribution in [2.45, 2.75) is 38.2 Å². The number of aryl methyl sites for hydroxylation is 1. The van der Waals surface area contributed by atoms with Crippen molar-refractivity contribution in [2.24, 2.45) is 0 Å². The minimum Gasteiger partial charge on any atom is -0.490 e. The predicted molar refractivity (Wildman–Crippen MR) is 111 cm³/mol. The number of nitrogens with one attached hydrogen (secondary N) is 1. The maximum absolute atomic E-state index is 8.91. The average Bonchev–Trinajstić information content (AvgIpc) is 3.13. The molecule has 1 fully saturated rings. The second kappa shape index (κ2) is 8.55. The number of anilines is 2. The number of ether oxygens (including phenoxy) is 1. The van der Waals surface area contributed by atoms with E-state index in [1.54, 1.807) is 11.3 Å². The first-order chi connectivity index (χ1) is 13.3. The molecule has 1 aromatic heterocycles. The van der Waals surface area contributed by atoms with Crippen LogP contribution in [0.15, 0.2) is 53.9 Å². The molecule has 4 rings (SSSR count). The minimum atomic E-state index is 0.232. The average molecular weight is 381 g/mol. The summed E-state index contributed by atoms with van der Waals surface area (Å²) in [6.45, 7) is 0.232. The molecule has 1 aliphatic rings. The van der Waals surface area contributed by atoms with E-state index in [1.165, 1.54) is 24.8 Å². The third kappa shape index (κ3) is 4.67. The summed E-state index contributed by atoms with van der Waals surface area (Å²) in [5, 5.41) is 15.2. The molecule has 2 aromatic carbocycles. The number of thiazole rings is 1. The number of aliphatic hydroxyl groups excluding tert-OH is 1. The SMILES string of the molecule is OCCCc1ccc(Nc2nc(-c3ccc(OC4CCC4)cc3)cs2)cc1. The Morgan fingerprint density at radius 1 is 1.07 bits per heavy atom. The Hall–Kier alpha value is -2.37. The minimum absolute atomic E-state index is 0.232. The van der Waals surface area contributed by atoms with Crippen molar-refractivity contribution in [1.29, 1.82) is 0 Å². The molecule has 140 valence electrons. The largest absolute Gasteiger partial charge is 0.490 e. The maximum Gasteiger partial charge on any atom is 0.187 e. The molecule has 5 heteroatoms. The van der Waals surface area contributed by atoms with Crippen LogP contribution in [0.1, 0.15) is 31.2 Å². The molecule has 3 aromatic rings. The van der Waals surface area contributed by atoms with E-state index in [0.29, 0.717) is 6.10 Å². The summed E-state index contributed by atoms with van der Waals surface area (Å²) in [5.41, 5.74) is 4.32. The summed E-state index contributed by atoms with van der Waals surface area (Å²) in [5.74, 6) is 0.943. The molecule has 2 N–H and O–H groups in total. The van der Waals surface area contributed by atoms with Crippen molar-refractivity contribution in [3.8, 4) is 17.0 Å². The summed E-state index contributed by atoms with van der Waals surface area (Å²) in [7, 11) is 0. The smallest absolute Gasteiger partial charge is 0.187 e. The van der Waals surface area contributed by atoms with Crippen molar-refractivity contribution in [2.75, 3.05) is 11.9 Å². The Bertz CT molecular complexity index is 855. The van der Waals surface area contributed by atoms with Crippen molar-refractivity contribution >= 4 is 22.2 Å². The number of aromatic nitrogens is 1. The number of aliphatic hydroxyl groups is 1. The highest BCUT2D eigenvalue weighted by Crippen LogP contribution is 2.30. The lowest BCUT2D eigenvalue weighted by Crippen LogP contribution is -2.24. The van der Waals surface area contributed by atoms with Crippen LogP contribution < -0.4 is 10.1 Å². The van der Waals surface area contributed by atoms with Crippen molar-refractivity contribution < 1.29 is 9.84 Å². The van der Waals surface area contributed by atoms with Gasteiger partial charge in [-0.3, -0.25) is 0 Å². The zero-order chi connectivity index (χ0) is 18.5. The van der Waals surface area contributed by atoms with Gasteiger partial charge in [0.2, 0.25) is 0 Å². The molecule has 0 bridgehead atoms. The van der Waals surface area contributed by atoms with E-state index in [0.717, 1.165) is 40.7 Å². The van der Waals surface area contributed by atoms with E-state index >= 15 is 0 Å². The first-order valence-electron chi connectivity index (χ1n) is 9.49. The van der Waals surface area contributed by atoms with Gasteiger partial charge in [-0.2, -0.15) is 0 Å². The lowest BCUT2D eigenvalue weighted by Gasteiger charge is -2.26. The molecule has 0 saturated heterocycles. The molecule has 0 unspecified atom stereocenters. The summed E-state index contributed by atoms with van der Waals surface area (Å²) in [6.07, 6.45) is 5.73. The van der Waals surface area contributed by atoms with Gasteiger partial charge < -0.3 is 15.2 Å². The van der Waals surface area contributed by atoms with Gasteiger partial charge in [-0.15, -0.1) is 11.3 Å². The van der Waals surface area contributed by atoms with Crippen LogP contribution in [0.25, 0.3) is 11.3 Å². The van der Waals surface area contributed by atoms with E-state index in [2.05, 4.69) is 47.1 Å². The quantitative estimate of drug-likeness (QED) is 0.549. The normalized spacial score (nSPS) is 14.0. The Morgan fingerprint density at radius 3 is 2.52 bits per heavy atom. The van der Waals surface area contributed by atoms with Crippen LogP contribution in [0.2, 0.25) is 0 Å². The molecule has 1 saturated carbocycles. The molecule has 0 spiro atoms. The third-order valence-corrected chi connectivity index (χ3v) is 5.60. The molecular formula is C22H24N2O2S. The van der Waals surface area contributed by atoms with Gasteiger partial charge in [0.05, 0.1) is 11.8 Å². The van der Waals surface area contributed by atoms with Crippen LogP contribution in [0.4, 0.5) is 10.8 Å². The fourth-order valence-electron chi connectivity index (χ4n) is 3.01. The van der Waals surface area contributed by atoms with E-state index in [9.17, 15) is 0 Å². The molecule has 0 aliphatic heterocycles. The first-order valence-corrected chi connectivity index (χ1v) is 10.4. The highest BCUT2D eigenvalue weighted by Gasteiger charge is 2.18. The topological polar surface area (TPSA) is 54.4 Å². The standard InChI is InChI=1S/C22H24N2O2S/c25-14-2-3-16-6-10-18(11-7-16)23-22-24-21(15-27-22)17-8-12-20(13-9-17)26-19-4-1-5-19/h6-13,15,19,25H,1-5,14H2,(H,23,24). The van der Waals surface area contributed by atoms with Gasteiger partial charge in [0, 0.05) is 23.2 Å². The number of benzene rings is 2. The Labute approximate surface area is 163 Å². The monoisotopic (exact) mass is 380 g/mol. The molecule has 4 nitrogen and oxygen atoms in total. The van der Waals surface area contributed by atoms with E-state index in [-0.39, 0.29) is 6.61 Å². The van der Waals surface area contributed by atoms with Crippen molar-refractivity contribution in [1.82, 2.24) is 4.98 Å². The summed E-state index contributed by atoms with van der Waals surface area (Å²) >= 11 is 1.60. The van der Waals surface area contributed by atoms with Gasteiger partial charge in [-0.1, -0.05) is 12.1 Å².